The zero-order chi connectivity index (χ0) is 21.0. The highest BCUT2D eigenvalue weighted by Gasteiger charge is 2.43. The van der Waals surface area contributed by atoms with Crippen molar-refractivity contribution in [2.24, 2.45) is 5.14 Å². The molecular formula is C20H22N6O3S. The average Bonchev–Trinajstić information content (AvgIpc) is 3.28. The van der Waals surface area contributed by atoms with E-state index in [0.29, 0.717) is 24.2 Å². The minimum absolute atomic E-state index is 0.0172. The van der Waals surface area contributed by atoms with Crippen molar-refractivity contribution in [3.63, 3.8) is 0 Å². The zero-order valence-corrected chi connectivity index (χ0v) is 17.3. The van der Waals surface area contributed by atoms with Crippen LogP contribution in [0.15, 0.2) is 41.7 Å². The maximum absolute atomic E-state index is 13.4. The van der Waals surface area contributed by atoms with E-state index in [0.717, 1.165) is 29.7 Å². The summed E-state index contributed by atoms with van der Waals surface area (Å²) in [5.74, 6) is 0.828. The van der Waals surface area contributed by atoms with Crippen molar-refractivity contribution in [1.29, 1.82) is 0 Å². The van der Waals surface area contributed by atoms with Gasteiger partial charge in [0.1, 0.15) is 17.8 Å². The van der Waals surface area contributed by atoms with Gasteiger partial charge in [0.15, 0.2) is 0 Å². The van der Waals surface area contributed by atoms with Gasteiger partial charge in [0.2, 0.25) is 10.0 Å². The molecule has 3 aromatic rings. The average molecular weight is 427 g/mol. The van der Waals surface area contributed by atoms with Crippen molar-refractivity contribution >= 4 is 32.8 Å². The Hall–Kier alpha value is -2.98. The predicted molar refractivity (Wildman–Crippen MR) is 112 cm³/mol. The van der Waals surface area contributed by atoms with E-state index in [4.69, 9.17) is 5.14 Å². The number of aromatic amines is 1. The first kappa shape index (κ1) is 19.0. The van der Waals surface area contributed by atoms with Gasteiger partial charge in [0.25, 0.3) is 5.91 Å². The Kier molecular flexibility index (Phi) is 4.30. The molecule has 2 aliphatic heterocycles. The van der Waals surface area contributed by atoms with Gasteiger partial charge in [-0.25, -0.2) is 23.5 Å². The van der Waals surface area contributed by atoms with Gasteiger partial charge in [-0.2, -0.15) is 0 Å². The highest BCUT2D eigenvalue weighted by molar-refractivity contribution is 7.89. The molecule has 2 saturated heterocycles. The number of amides is 1. The van der Waals surface area contributed by atoms with E-state index in [1.165, 1.54) is 12.1 Å². The highest BCUT2D eigenvalue weighted by Crippen LogP contribution is 2.35. The fourth-order valence-corrected chi connectivity index (χ4v) is 5.31. The summed E-state index contributed by atoms with van der Waals surface area (Å²) >= 11 is 0. The van der Waals surface area contributed by atoms with Gasteiger partial charge in [-0.1, -0.05) is 0 Å². The maximum atomic E-state index is 13.4. The number of primary sulfonamides is 1. The van der Waals surface area contributed by atoms with Crippen LogP contribution in [0.3, 0.4) is 0 Å². The number of carbonyl (C=O) groups excluding carboxylic acids is 1. The number of rotatable bonds is 3. The van der Waals surface area contributed by atoms with Crippen LogP contribution in [0.1, 0.15) is 28.8 Å². The molecule has 0 saturated carbocycles. The molecule has 0 radical (unpaired) electrons. The molecule has 1 aromatic carbocycles. The molecule has 1 amide bonds. The van der Waals surface area contributed by atoms with E-state index in [-0.39, 0.29) is 22.9 Å². The van der Waals surface area contributed by atoms with E-state index in [9.17, 15) is 13.2 Å². The van der Waals surface area contributed by atoms with Gasteiger partial charge in [-0.05, 0) is 49.6 Å². The topological polar surface area (TPSA) is 125 Å². The van der Waals surface area contributed by atoms with Gasteiger partial charge in [0.05, 0.1) is 22.4 Å². The third kappa shape index (κ3) is 3.03. The van der Waals surface area contributed by atoms with Gasteiger partial charge in [0, 0.05) is 24.8 Å². The number of nitrogens with one attached hydrogen (secondary N) is 1. The summed E-state index contributed by atoms with van der Waals surface area (Å²) in [5, 5.41) is 6.19. The Morgan fingerprint density at radius 3 is 2.57 bits per heavy atom. The summed E-state index contributed by atoms with van der Waals surface area (Å²) in [6.45, 7) is 3.14. The molecule has 2 atom stereocenters. The van der Waals surface area contributed by atoms with E-state index in [1.54, 1.807) is 19.3 Å². The second-order valence-corrected chi connectivity index (χ2v) is 9.52. The lowest BCUT2D eigenvalue weighted by Crippen LogP contribution is -2.56. The highest BCUT2D eigenvalue weighted by atomic mass is 32.2. The lowest BCUT2D eigenvalue weighted by Gasteiger charge is -2.42. The Morgan fingerprint density at radius 1 is 1.17 bits per heavy atom. The number of anilines is 1. The van der Waals surface area contributed by atoms with Crippen LogP contribution in [0, 0.1) is 6.92 Å². The first-order chi connectivity index (χ1) is 14.3. The molecule has 0 aliphatic carbocycles. The lowest BCUT2D eigenvalue weighted by atomic mass is 10.1. The summed E-state index contributed by atoms with van der Waals surface area (Å²) in [6.07, 6.45) is 5.28. The van der Waals surface area contributed by atoms with Crippen molar-refractivity contribution in [2.75, 3.05) is 18.0 Å². The van der Waals surface area contributed by atoms with Crippen LogP contribution in [0.25, 0.3) is 11.0 Å². The third-order valence-electron chi connectivity index (χ3n) is 6.11. The number of nitrogens with two attached hydrogens (primary N) is 1. The van der Waals surface area contributed by atoms with Gasteiger partial charge < -0.3 is 14.8 Å². The number of hydrogen-bond donors (Lipinski definition) is 2. The van der Waals surface area contributed by atoms with Crippen LogP contribution in [0.2, 0.25) is 0 Å². The molecular weight excluding hydrogens is 404 g/mol. The largest absolute Gasteiger partial charge is 0.352 e. The molecule has 9 nitrogen and oxygen atoms in total. The zero-order valence-electron chi connectivity index (χ0n) is 16.4. The molecule has 30 heavy (non-hydrogen) atoms. The van der Waals surface area contributed by atoms with E-state index < -0.39 is 10.0 Å². The number of aromatic nitrogens is 3. The molecule has 3 N–H and O–H groups in total. The van der Waals surface area contributed by atoms with Crippen molar-refractivity contribution in [3.05, 3.63) is 47.9 Å². The number of benzene rings is 1. The number of H-pyrrole nitrogens is 1. The maximum Gasteiger partial charge on any atom is 0.254 e. The Morgan fingerprint density at radius 2 is 1.90 bits per heavy atom. The van der Waals surface area contributed by atoms with Crippen molar-refractivity contribution in [3.8, 4) is 0 Å². The molecule has 156 valence electrons. The van der Waals surface area contributed by atoms with Crippen LogP contribution in [0.5, 0.6) is 0 Å². The third-order valence-corrected chi connectivity index (χ3v) is 7.02. The molecule has 2 fully saturated rings. The molecule has 2 aliphatic rings. The summed E-state index contributed by atoms with van der Waals surface area (Å²) in [5.41, 5.74) is 1.93. The summed E-state index contributed by atoms with van der Waals surface area (Å²) < 4.78 is 23.2. The van der Waals surface area contributed by atoms with Gasteiger partial charge in [-0.3, -0.25) is 4.79 Å². The number of piperazine rings is 1. The Labute approximate surface area is 174 Å². The number of aryl methyl sites for hydroxylation is 1. The number of fused-ring (bicyclic) bond motifs is 3. The van der Waals surface area contributed by atoms with Crippen molar-refractivity contribution < 1.29 is 13.2 Å². The molecule has 0 unspecified atom stereocenters. The van der Waals surface area contributed by atoms with Crippen LogP contribution < -0.4 is 10.0 Å². The standard InChI is InChI=1S/C20H22N6O3S/c1-12-8-15(30(21,28)29)4-5-16(12)20(27)26-13-2-3-14(26)10-25(9-13)19-17-6-7-22-18(17)23-11-24-19/h4-8,11,13-14H,2-3,9-10H2,1H3,(H2,21,28,29)(H,22,23,24)/t13-,14+. The Bertz CT molecular complexity index is 1240. The number of sulfonamides is 1. The fourth-order valence-electron chi connectivity index (χ4n) is 4.71. The van der Waals surface area contributed by atoms with E-state index in [1.807, 2.05) is 17.2 Å². The van der Waals surface area contributed by atoms with Crippen LogP contribution in [-0.2, 0) is 10.0 Å². The minimum Gasteiger partial charge on any atom is -0.352 e. The molecule has 5 rings (SSSR count). The Balaban J connectivity index is 1.42. The van der Waals surface area contributed by atoms with Crippen molar-refractivity contribution in [2.45, 2.75) is 36.7 Å². The SMILES string of the molecule is Cc1cc(S(N)(=O)=O)ccc1C(=O)N1[C@@H]2CC[C@H]1CN(c1ncnc3[nH]ccc13)C2. The van der Waals surface area contributed by atoms with Gasteiger partial charge >= 0.3 is 0 Å². The van der Waals surface area contributed by atoms with Crippen LogP contribution >= 0.6 is 0 Å². The van der Waals surface area contributed by atoms with Crippen LogP contribution in [0.4, 0.5) is 5.82 Å². The first-order valence-corrected chi connectivity index (χ1v) is 11.4. The van der Waals surface area contributed by atoms with E-state index >= 15 is 0 Å². The number of nitrogens with zero attached hydrogens (tertiary/aromatic N) is 4. The molecule has 2 bridgehead atoms. The summed E-state index contributed by atoms with van der Waals surface area (Å²) in [7, 11) is -3.80. The minimum atomic E-state index is -3.80. The van der Waals surface area contributed by atoms with Gasteiger partial charge in [-0.15, -0.1) is 0 Å². The van der Waals surface area contributed by atoms with Crippen molar-refractivity contribution in [1.82, 2.24) is 19.9 Å². The van der Waals surface area contributed by atoms with Crippen LogP contribution in [-0.4, -0.2) is 59.4 Å². The lowest BCUT2D eigenvalue weighted by molar-refractivity contribution is 0.0640. The first-order valence-electron chi connectivity index (χ1n) is 9.82. The second-order valence-electron chi connectivity index (χ2n) is 7.96. The smallest absolute Gasteiger partial charge is 0.254 e. The number of hydrogen-bond acceptors (Lipinski definition) is 6. The monoisotopic (exact) mass is 426 g/mol. The fraction of sp³-hybridized carbons (Fsp3) is 0.350. The summed E-state index contributed by atoms with van der Waals surface area (Å²) in [4.78, 5) is 29.4. The normalized spacial score (nSPS) is 21.4. The molecule has 0 spiro atoms. The second kappa shape index (κ2) is 6.78. The predicted octanol–water partition coefficient (Wildman–Crippen LogP) is 1.41. The van der Waals surface area contributed by atoms with E-state index in [2.05, 4.69) is 19.9 Å². The molecule has 4 heterocycles. The number of carbonyl (C=O) groups is 1. The quantitative estimate of drug-likeness (QED) is 0.652. The summed E-state index contributed by atoms with van der Waals surface area (Å²) in [6, 6.07) is 6.56. The molecule has 2 aromatic heterocycles. The molecule has 10 heteroatoms.